The van der Waals surface area contributed by atoms with E-state index in [-0.39, 0.29) is 11.6 Å². The third kappa shape index (κ3) is 4.86. The van der Waals surface area contributed by atoms with Gasteiger partial charge in [0.2, 0.25) is 0 Å². The highest BCUT2D eigenvalue weighted by Gasteiger charge is 2.14. The highest BCUT2D eigenvalue weighted by atomic mass is 16.2. The molecule has 7 nitrogen and oxygen atoms in total. The van der Waals surface area contributed by atoms with Crippen molar-refractivity contribution in [1.82, 2.24) is 20.1 Å². The molecule has 1 aromatic carbocycles. The molecule has 0 aliphatic heterocycles. The number of nitrogens with zero attached hydrogens (tertiary/aromatic N) is 5. The second-order valence-electron chi connectivity index (χ2n) is 5.95. The highest BCUT2D eigenvalue weighted by molar-refractivity contribution is 5.92. The smallest absolute Gasteiger partial charge is 0.274 e. The Morgan fingerprint density at radius 2 is 1.96 bits per heavy atom. The van der Waals surface area contributed by atoms with E-state index in [1.165, 1.54) is 0 Å². The van der Waals surface area contributed by atoms with Gasteiger partial charge in [0.05, 0.1) is 11.6 Å². The largest absolute Gasteiger partial charge is 0.340 e. The van der Waals surface area contributed by atoms with Gasteiger partial charge >= 0.3 is 0 Å². The number of hydrogen-bond donors (Lipinski definition) is 1. The summed E-state index contributed by atoms with van der Waals surface area (Å²) >= 11 is 0. The highest BCUT2D eigenvalue weighted by Crippen LogP contribution is 2.15. The molecule has 0 aliphatic carbocycles. The maximum absolute atomic E-state index is 12.5. The summed E-state index contributed by atoms with van der Waals surface area (Å²) in [4.78, 5) is 18.1. The van der Waals surface area contributed by atoms with Crippen molar-refractivity contribution in [3.8, 4) is 6.07 Å². The summed E-state index contributed by atoms with van der Waals surface area (Å²) in [7, 11) is 1.74. The molecule has 0 radical (unpaired) electrons. The van der Waals surface area contributed by atoms with E-state index in [9.17, 15) is 4.79 Å². The number of aromatic nitrogens is 3. The quantitative estimate of drug-likeness (QED) is 0.728. The first-order valence-corrected chi connectivity index (χ1v) is 8.41. The number of nitrogens with one attached hydrogen (secondary N) is 1. The fraction of sp³-hybridized carbons (Fsp3) is 0.150. The molecule has 0 saturated heterocycles. The van der Waals surface area contributed by atoms with Crippen molar-refractivity contribution in [1.29, 1.82) is 5.26 Å². The number of benzene rings is 1. The number of pyridine rings is 1. The van der Waals surface area contributed by atoms with Crippen LogP contribution in [0.3, 0.4) is 0 Å². The summed E-state index contributed by atoms with van der Waals surface area (Å²) in [5, 5.41) is 20.1. The third-order valence-electron chi connectivity index (χ3n) is 3.98. The lowest BCUT2D eigenvalue weighted by molar-refractivity contribution is 0.0789. The van der Waals surface area contributed by atoms with Crippen LogP contribution in [0.1, 0.15) is 21.6 Å². The first kappa shape index (κ1) is 18.0. The number of carbonyl (C=O) groups is 1. The molecule has 134 valence electrons. The number of nitriles is 1. The molecule has 0 saturated carbocycles. The Balaban J connectivity index is 1.60. The van der Waals surface area contributed by atoms with E-state index >= 15 is 0 Å². The second-order valence-corrected chi connectivity index (χ2v) is 5.95. The molecule has 0 unspecified atom stereocenters. The lowest BCUT2D eigenvalue weighted by Crippen LogP contribution is -2.29. The van der Waals surface area contributed by atoms with Gasteiger partial charge in [-0.1, -0.05) is 6.07 Å². The van der Waals surface area contributed by atoms with Gasteiger partial charge in [-0.15, -0.1) is 10.2 Å². The summed E-state index contributed by atoms with van der Waals surface area (Å²) in [6, 6.07) is 16.3. The number of amides is 1. The Labute approximate surface area is 157 Å². The van der Waals surface area contributed by atoms with Crippen molar-refractivity contribution in [2.45, 2.75) is 6.42 Å². The molecule has 3 aromatic rings. The van der Waals surface area contributed by atoms with Crippen LogP contribution in [0.2, 0.25) is 0 Å². The Morgan fingerprint density at radius 3 is 2.67 bits per heavy atom. The maximum Gasteiger partial charge on any atom is 0.274 e. The zero-order valence-corrected chi connectivity index (χ0v) is 14.8. The first-order chi connectivity index (χ1) is 13.2. The molecule has 0 spiro atoms. The van der Waals surface area contributed by atoms with E-state index in [2.05, 4.69) is 26.6 Å². The van der Waals surface area contributed by atoms with Gasteiger partial charge in [0.15, 0.2) is 11.5 Å². The van der Waals surface area contributed by atoms with Crippen LogP contribution in [-0.2, 0) is 6.42 Å². The molecule has 2 aromatic heterocycles. The summed E-state index contributed by atoms with van der Waals surface area (Å²) < 4.78 is 0. The zero-order valence-electron chi connectivity index (χ0n) is 14.8. The average Bonchev–Trinajstić information content (AvgIpc) is 2.73. The maximum atomic E-state index is 12.5. The van der Waals surface area contributed by atoms with E-state index in [0.29, 0.717) is 17.9 Å². The van der Waals surface area contributed by atoms with Crippen LogP contribution in [0.4, 0.5) is 11.5 Å². The number of rotatable bonds is 6. The van der Waals surface area contributed by atoms with E-state index in [1.54, 1.807) is 54.7 Å². The summed E-state index contributed by atoms with van der Waals surface area (Å²) in [5.74, 6) is 0.315. The minimum atomic E-state index is -0.186. The van der Waals surface area contributed by atoms with Crippen LogP contribution in [-0.4, -0.2) is 39.6 Å². The SMILES string of the molecule is CN(CCc1ccncc1)C(=O)c1ccc(Nc2cccc(C#N)c2)nn1. The van der Waals surface area contributed by atoms with Gasteiger partial charge in [0.1, 0.15) is 0 Å². The van der Waals surface area contributed by atoms with Crippen LogP contribution in [0.5, 0.6) is 0 Å². The molecule has 1 N–H and O–H groups in total. The van der Waals surface area contributed by atoms with Gasteiger partial charge in [-0.2, -0.15) is 5.26 Å². The molecular formula is C20H18N6O. The molecule has 2 heterocycles. The Bertz CT molecular complexity index is 950. The number of carbonyl (C=O) groups excluding carboxylic acids is 1. The predicted octanol–water partition coefficient (Wildman–Crippen LogP) is 2.80. The van der Waals surface area contributed by atoms with Crippen molar-refractivity contribution in [3.05, 3.63) is 77.7 Å². The topological polar surface area (TPSA) is 94.8 Å². The van der Waals surface area contributed by atoms with Gasteiger partial charge in [-0.3, -0.25) is 9.78 Å². The van der Waals surface area contributed by atoms with Crippen LogP contribution in [0.25, 0.3) is 0 Å². The Kier molecular flexibility index (Phi) is 5.70. The molecule has 1 amide bonds. The number of hydrogen-bond acceptors (Lipinski definition) is 6. The van der Waals surface area contributed by atoms with Gasteiger partial charge in [-0.25, -0.2) is 0 Å². The molecule has 0 atom stereocenters. The molecule has 27 heavy (non-hydrogen) atoms. The van der Waals surface area contributed by atoms with E-state index in [4.69, 9.17) is 5.26 Å². The minimum Gasteiger partial charge on any atom is -0.340 e. The van der Waals surface area contributed by atoms with Crippen molar-refractivity contribution in [2.24, 2.45) is 0 Å². The Hall–Kier alpha value is -3.79. The van der Waals surface area contributed by atoms with Gasteiger partial charge in [0.25, 0.3) is 5.91 Å². The lowest BCUT2D eigenvalue weighted by Gasteiger charge is -2.16. The summed E-state index contributed by atoms with van der Waals surface area (Å²) in [5.41, 5.74) is 2.69. The second kappa shape index (κ2) is 8.54. The lowest BCUT2D eigenvalue weighted by atomic mass is 10.2. The fourth-order valence-electron chi connectivity index (χ4n) is 2.47. The third-order valence-corrected chi connectivity index (χ3v) is 3.98. The van der Waals surface area contributed by atoms with Crippen LogP contribution in [0.15, 0.2) is 60.9 Å². The molecule has 7 heteroatoms. The van der Waals surface area contributed by atoms with Gasteiger partial charge in [-0.05, 0) is 54.4 Å². The molecule has 0 bridgehead atoms. The normalized spacial score (nSPS) is 10.1. The first-order valence-electron chi connectivity index (χ1n) is 8.41. The van der Waals surface area contributed by atoms with Crippen LogP contribution < -0.4 is 5.32 Å². The van der Waals surface area contributed by atoms with Gasteiger partial charge < -0.3 is 10.2 Å². The summed E-state index contributed by atoms with van der Waals surface area (Å²) in [6.07, 6.45) is 4.22. The Morgan fingerprint density at radius 1 is 1.15 bits per heavy atom. The van der Waals surface area contributed by atoms with E-state index in [0.717, 1.165) is 17.7 Å². The standard InChI is InChI=1S/C20H18N6O/c1-26(12-9-15-7-10-22-11-8-15)20(27)18-5-6-19(25-24-18)23-17-4-2-3-16(13-17)14-21/h2-8,10-11,13H,9,12H2,1H3,(H,23,25). The average molecular weight is 358 g/mol. The van der Waals surface area contributed by atoms with Crippen molar-refractivity contribution < 1.29 is 4.79 Å². The predicted molar refractivity (Wildman–Crippen MR) is 101 cm³/mol. The van der Waals surface area contributed by atoms with Crippen LogP contribution >= 0.6 is 0 Å². The summed E-state index contributed by atoms with van der Waals surface area (Å²) in [6.45, 7) is 0.575. The van der Waals surface area contributed by atoms with Crippen molar-refractivity contribution in [2.75, 3.05) is 18.9 Å². The monoisotopic (exact) mass is 358 g/mol. The molecular weight excluding hydrogens is 340 g/mol. The fourth-order valence-corrected chi connectivity index (χ4v) is 2.47. The van der Waals surface area contributed by atoms with Gasteiger partial charge in [0, 0.05) is 31.7 Å². The van der Waals surface area contributed by atoms with E-state index < -0.39 is 0 Å². The number of likely N-dealkylation sites (N-methyl/N-ethyl adjacent to an activating group) is 1. The van der Waals surface area contributed by atoms with Crippen LogP contribution in [0, 0.1) is 11.3 Å². The number of anilines is 2. The molecule has 0 aliphatic rings. The molecule has 3 rings (SSSR count). The van der Waals surface area contributed by atoms with Crippen molar-refractivity contribution in [3.63, 3.8) is 0 Å². The van der Waals surface area contributed by atoms with E-state index in [1.807, 2.05) is 18.2 Å². The minimum absolute atomic E-state index is 0.186. The van der Waals surface area contributed by atoms with Crippen molar-refractivity contribution >= 4 is 17.4 Å². The molecule has 0 fully saturated rings. The zero-order chi connectivity index (χ0) is 19.1.